The van der Waals surface area contributed by atoms with Crippen molar-refractivity contribution in [3.05, 3.63) is 52.0 Å². The number of nitrogens with one attached hydrogen (secondary N) is 1. The molecule has 0 radical (unpaired) electrons. The lowest BCUT2D eigenvalue weighted by molar-refractivity contribution is 0.354. The van der Waals surface area contributed by atoms with E-state index in [2.05, 4.69) is 53.3 Å². The van der Waals surface area contributed by atoms with Gasteiger partial charge in [0.25, 0.3) is 0 Å². The summed E-state index contributed by atoms with van der Waals surface area (Å²) >= 11 is 3.52. The van der Waals surface area contributed by atoms with Crippen molar-refractivity contribution in [2.45, 2.75) is 19.9 Å². The Kier molecular flexibility index (Phi) is 5.12. The van der Waals surface area contributed by atoms with Gasteiger partial charge in [0, 0.05) is 16.2 Å². The maximum absolute atomic E-state index is 5.36. The van der Waals surface area contributed by atoms with Gasteiger partial charge in [-0.15, -0.1) is 0 Å². The van der Waals surface area contributed by atoms with Gasteiger partial charge in [-0.1, -0.05) is 22.0 Å². The average Bonchev–Trinajstić information content (AvgIpc) is 2.45. The zero-order chi connectivity index (χ0) is 15.4. The summed E-state index contributed by atoms with van der Waals surface area (Å²) < 4.78 is 11.7. The van der Waals surface area contributed by atoms with Crippen LogP contribution in [0.4, 0.5) is 5.69 Å². The second kappa shape index (κ2) is 6.85. The van der Waals surface area contributed by atoms with E-state index in [0.717, 1.165) is 27.2 Å². The lowest BCUT2D eigenvalue weighted by Crippen LogP contribution is -2.07. The second-order valence-corrected chi connectivity index (χ2v) is 5.91. The Hall–Kier alpha value is -1.68. The molecule has 21 heavy (non-hydrogen) atoms. The fraction of sp³-hybridized carbons (Fsp3) is 0.294. The Balaban J connectivity index is 2.21. The van der Waals surface area contributed by atoms with Crippen LogP contribution >= 0.6 is 15.9 Å². The van der Waals surface area contributed by atoms with E-state index in [0.29, 0.717) is 0 Å². The fourth-order valence-electron chi connectivity index (χ4n) is 2.28. The Morgan fingerprint density at radius 3 is 2.33 bits per heavy atom. The molecule has 0 fully saturated rings. The van der Waals surface area contributed by atoms with Gasteiger partial charge in [0.15, 0.2) is 11.5 Å². The minimum atomic E-state index is 0.165. The molecule has 0 aromatic heterocycles. The van der Waals surface area contributed by atoms with Gasteiger partial charge in [0.05, 0.1) is 14.2 Å². The smallest absolute Gasteiger partial charge is 0.161 e. The van der Waals surface area contributed by atoms with Crippen LogP contribution in [0.5, 0.6) is 11.5 Å². The molecule has 0 bridgehead atoms. The summed E-state index contributed by atoms with van der Waals surface area (Å²) in [4.78, 5) is 0. The maximum Gasteiger partial charge on any atom is 0.161 e. The summed E-state index contributed by atoms with van der Waals surface area (Å²) in [6, 6.07) is 12.4. The van der Waals surface area contributed by atoms with E-state index in [1.54, 1.807) is 14.2 Å². The lowest BCUT2D eigenvalue weighted by atomic mass is 10.1. The van der Waals surface area contributed by atoms with Crippen molar-refractivity contribution in [2.75, 3.05) is 19.5 Å². The normalized spacial score (nSPS) is 11.9. The molecule has 0 aliphatic carbocycles. The zero-order valence-corrected chi connectivity index (χ0v) is 14.3. The topological polar surface area (TPSA) is 30.5 Å². The molecule has 0 saturated heterocycles. The first-order chi connectivity index (χ1) is 10.0. The van der Waals surface area contributed by atoms with Crippen molar-refractivity contribution in [3.63, 3.8) is 0 Å². The predicted octanol–water partition coefficient (Wildman–Crippen LogP) is 4.95. The number of benzene rings is 2. The van der Waals surface area contributed by atoms with E-state index in [1.165, 1.54) is 5.56 Å². The molecule has 0 heterocycles. The summed E-state index contributed by atoms with van der Waals surface area (Å²) in [5, 5.41) is 3.50. The number of rotatable bonds is 5. The highest BCUT2D eigenvalue weighted by Gasteiger charge is 2.10. The van der Waals surface area contributed by atoms with Crippen molar-refractivity contribution >= 4 is 21.6 Å². The Labute approximate surface area is 134 Å². The van der Waals surface area contributed by atoms with Gasteiger partial charge >= 0.3 is 0 Å². The van der Waals surface area contributed by atoms with E-state index < -0.39 is 0 Å². The third-order valence-corrected chi connectivity index (χ3v) is 3.79. The second-order valence-electron chi connectivity index (χ2n) is 5.00. The third-order valence-electron chi connectivity index (χ3n) is 3.33. The minimum Gasteiger partial charge on any atom is -0.493 e. The van der Waals surface area contributed by atoms with Gasteiger partial charge in [-0.3, -0.25) is 0 Å². The highest BCUT2D eigenvalue weighted by Crippen LogP contribution is 2.31. The molecule has 1 unspecified atom stereocenters. The largest absolute Gasteiger partial charge is 0.493 e. The molecule has 112 valence electrons. The van der Waals surface area contributed by atoms with E-state index in [4.69, 9.17) is 9.47 Å². The highest BCUT2D eigenvalue weighted by atomic mass is 79.9. The number of methoxy groups -OCH3 is 2. The molecular formula is C17H20BrNO2. The minimum absolute atomic E-state index is 0.165. The Morgan fingerprint density at radius 1 is 1.00 bits per heavy atom. The van der Waals surface area contributed by atoms with Crippen molar-refractivity contribution in [2.24, 2.45) is 0 Å². The van der Waals surface area contributed by atoms with Crippen LogP contribution < -0.4 is 14.8 Å². The predicted molar refractivity (Wildman–Crippen MR) is 90.5 cm³/mol. The molecule has 2 aromatic carbocycles. The quantitative estimate of drug-likeness (QED) is 0.828. The van der Waals surface area contributed by atoms with Gasteiger partial charge in [-0.25, -0.2) is 0 Å². The molecule has 4 heteroatoms. The van der Waals surface area contributed by atoms with Gasteiger partial charge in [-0.2, -0.15) is 0 Å². The van der Waals surface area contributed by atoms with Crippen LogP contribution in [0.25, 0.3) is 0 Å². The average molecular weight is 350 g/mol. The van der Waals surface area contributed by atoms with Crippen molar-refractivity contribution in [1.82, 2.24) is 0 Å². The molecule has 2 rings (SSSR count). The monoisotopic (exact) mass is 349 g/mol. The zero-order valence-electron chi connectivity index (χ0n) is 12.7. The molecular weight excluding hydrogens is 330 g/mol. The lowest BCUT2D eigenvalue weighted by Gasteiger charge is -2.18. The van der Waals surface area contributed by atoms with Crippen molar-refractivity contribution < 1.29 is 9.47 Å². The van der Waals surface area contributed by atoms with Crippen LogP contribution in [-0.4, -0.2) is 14.2 Å². The first-order valence-electron chi connectivity index (χ1n) is 6.79. The SMILES string of the molecule is COc1ccc(C(C)Nc2cc(C)cc(Br)c2)cc1OC. The third kappa shape index (κ3) is 3.91. The van der Waals surface area contributed by atoms with Gasteiger partial charge in [0.2, 0.25) is 0 Å². The van der Waals surface area contributed by atoms with Gasteiger partial charge in [0.1, 0.15) is 0 Å². The van der Waals surface area contributed by atoms with E-state index in [-0.39, 0.29) is 6.04 Å². The summed E-state index contributed by atoms with van der Waals surface area (Å²) in [7, 11) is 3.29. The molecule has 1 N–H and O–H groups in total. The van der Waals surface area contributed by atoms with Crippen LogP contribution in [0.15, 0.2) is 40.9 Å². The van der Waals surface area contributed by atoms with Crippen molar-refractivity contribution in [3.8, 4) is 11.5 Å². The molecule has 0 spiro atoms. The number of hydrogen-bond acceptors (Lipinski definition) is 3. The van der Waals surface area contributed by atoms with E-state index in [9.17, 15) is 0 Å². The first-order valence-corrected chi connectivity index (χ1v) is 7.58. The number of hydrogen-bond donors (Lipinski definition) is 1. The van der Waals surface area contributed by atoms with E-state index in [1.807, 2.05) is 18.2 Å². The molecule has 1 atom stereocenters. The Bertz CT molecular complexity index is 608. The molecule has 0 aliphatic rings. The van der Waals surface area contributed by atoms with Crippen LogP contribution in [0, 0.1) is 6.92 Å². The molecule has 0 aliphatic heterocycles. The molecule has 2 aromatic rings. The molecule has 0 amide bonds. The Morgan fingerprint density at radius 2 is 1.71 bits per heavy atom. The molecule has 3 nitrogen and oxygen atoms in total. The van der Waals surface area contributed by atoms with E-state index >= 15 is 0 Å². The fourth-order valence-corrected chi connectivity index (χ4v) is 2.88. The first kappa shape index (κ1) is 15.7. The summed E-state index contributed by atoms with van der Waals surface area (Å²) in [6.07, 6.45) is 0. The van der Waals surface area contributed by atoms with Crippen LogP contribution in [0.3, 0.4) is 0 Å². The summed E-state index contributed by atoms with van der Waals surface area (Å²) in [5.41, 5.74) is 3.45. The van der Waals surface area contributed by atoms with Gasteiger partial charge < -0.3 is 14.8 Å². The number of halogens is 1. The number of ether oxygens (including phenoxy) is 2. The van der Waals surface area contributed by atoms with Crippen molar-refractivity contribution in [1.29, 1.82) is 0 Å². The van der Waals surface area contributed by atoms with Gasteiger partial charge in [-0.05, 0) is 55.3 Å². The standard InChI is InChI=1S/C17H20BrNO2/c1-11-7-14(18)10-15(8-11)19-12(2)13-5-6-16(20-3)17(9-13)21-4/h5-10,12,19H,1-4H3. The summed E-state index contributed by atoms with van der Waals surface area (Å²) in [6.45, 7) is 4.20. The van der Waals surface area contributed by atoms with Crippen LogP contribution in [0.2, 0.25) is 0 Å². The number of aryl methyl sites for hydroxylation is 1. The summed E-state index contributed by atoms with van der Waals surface area (Å²) in [5.74, 6) is 1.49. The van der Waals surface area contributed by atoms with Crippen LogP contribution in [0.1, 0.15) is 24.1 Å². The number of anilines is 1. The molecule has 0 saturated carbocycles. The maximum atomic E-state index is 5.36. The highest BCUT2D eigenvalue weighted by molar-refractivity contribution is 9.10. The van der Waals surface area contributed by atoms with Crippen LogP contribution in [-0.2, 0) is 0 Å².